The second-order valence-electron chi connectivity index (χ2n) is 5.11. The number of nitrogens with zero attached hydrogens (tertiary/aromatic N) is 2. The molecule has 0 aliphatic carbocycles. The molecule has 21 heavy (non-hydrogen) atoms. The van der Waals surface area contributed by atoms with E-state index in [1.54, 1.807) is 7.11 Å². The predicted octanol–water partition coefficient (Wildman–Crippen LogP) is 1.90. The maximum Gasteiger partial charge on any atom is 0.407 e. The average molecular weight is 294 g/mol. The van der Waals surface area contributed by atoms with Gasteiger partial charge < -0.3 is 24.4 Å². The van der Waals surface area contributed by atoms with Crippen LogP contribution in [0.5, 0.6) is 5.75 Å². The SMILES string of the molecule is COCCOc1ccc(N2CCN(C(=O)O)C[C@H]2C)cc1. The fraction of sp³-hybridized carbons (Fsp3) is 0.533. The van der Waals surface area contributed by atoms with E-state index in [1.165, 1.54) is 4.90 Å². The van der Waals surface area contributed by atoms with Gasteiger partial charge in [0.1, 0.15) is 12.4 Å². The first-order valence-electron chi connectivity index (χ1n) is 7.08. The van der Waals surface area contributed by atoms with Crippen molar-refractivity contribution < 1.29 is 19.4 Å². The molecule has 0 saturated carbocycles. The molecule has 1 heterocycles. The summed E-state index contributed by atoms with van der Waals surface area (Å²) in [6.07, 6.45) is -0.844. The Morgan fingerprint density at radius 1 is 1.29 bits per heavy atom. The van der Waals surface area contributed by atoms with Crippen LogP contribution in [0.2, 0.25) is 0 Å². The summed E-state index contributed by atoms with van der Waals surface area (Å²) in [5, 5.41) is 9.03. The Morgan fingerprint density at radius 3 is 2.57 bits per heavy atom. The van der Waals surface area contributed by atoms with Gasteiger partial charge in [0, 0.05) is 38.5 Å². The number of amides is 1. The van der Waals surface area contributed by atoms with E-state index >= 15 is 0 Å². The van der Waals surface area contributed by atoms with Gasteiger partial charge >= 0.3 is 6.09 Å². The number of carboxylic acid groups (broad SMARTS) is 1. The number of methoxy groups -OCH3 is 1. The maximum atomic E-state index is 11.0. The minimum atomic E-state index is -0.844. The number of carbonyl (C=O) groups is 1. The predicted molar refractivity (Wildman–Crippen MR) is 80.2 cm³/mol. The van der Waals surface area contributed by atoms with Crippen LogP contribution in [0.4, 0.5) is 10.5 Å². The number of hydrogen-bond acceptors (Lipinski definition) is 4. The van der Waals surface area contributed by atoms with Gasteiger partial charge in [-0.15, -0.1) is 0 Å². The number of rotatable bonds is 5. The number of hydrogen-bond donors (Lipinski definition) is 1. The maximum absolute atomic E-state index is 11.0. The van der Waals surface area contributed by atoms with E-state index in [2.05, 4.69) is 4.90 Å². The molecular formula is C15H22N2O4. The first-order valence-corrected chi connectivity index (χ1v) is 7.08. The van der Waals surface area contributed by atoms with Gasteiger partial charge in [-0.25, -0.2) is 4.79 Å². The quantitative estimate of drug-likeness (QED) is 0.840. The van der Waals surface area contributed by atoms with Crippen LogP contribution < -0.4 is 9.64 Å². The molecule has 1 atom stereocenters. The third-order valence-electron chi connectivity index (χ3n) is 3.62. The molecule has 1 aliphatic heterocycles. The molecule has 1 aromatic rings. The second kappa shape index (κ2) is 7.17. The van der Waals surface area contributed by atoms with E-state index in [0.29, 0.717) is 32.8 Å². The molecule has 6 nitrogen and oxygen atoms in total. The van der Waals surface area contributed by atoms with Crippen molar-refractivity contribution in [2.24, 2.45) is 0 Å². The first-order chi connectivity index (χ1) is 10.1. The first kappa shape index (κ1) is 15.4. The Bertz CT molecular complexity index is 463. The van der Waals surface area contributed by atoms with Crippen molar-refractivity contribution in [1.82, 2.24) is 4.90 Å². The number of anilines is 1. The highest BCUT2D eigenvalue weighted by Crippen LogP contribution is 2.23. The van der Waals surface area contributed by atoms with Crippen LogP contribution >= 0.6 is 0 Å². The summed E-state index contributed by atoms with van der Waals surface area (Å²) < 4.78 is 10.5. The van der Waals surface area contributed by atoms with Crippen molar-refractivity contribution in [2.75, 3.05) is 44.9 Å². The Kier molecular flexibility index (Phi) is 5.27. The normalized spacial score (nSPS) is 18.7. The van der Waals surface area contributed by atoms with Gasteiger partial charge in [0.05, 0.1) is 6.61 Å². The van der Waals surface area contributed by atoms with Crippen LogP contribution in [-0.4, -0.2) is 62.1 Å². The lowest BCUT2D eigenvalue weighted by Gasteiger charge is -2.40. The van der Waals surface area contributed by atoms with Crippen molar-refractivity contribution in [3.63, 3.8) is 0 Å². The zero-order valence-electron chi connectivity index (χ0n) is 12.5. The summed E-state index contributed by atoms with van der Waals surface area (Å²) in [6.45, 7) is 4.90. The molecule has 1 aliphatic rings. The van der Waals surface area contributed by atoms with E-state index in [0.717, 1.165) is 11.4 Å². The van der Waals surface area contributed by atoms with E-state index in [4.69, 9.17) is 14.6 Å². The third-order valence-corrected chi connectivity index (χ3v) is 3.62. The van der Waals surface area contributed by atoms with Gasteiger partial charge in [0.2, 0.25) is 0 Å². The molecule has 0 unspecified atom stereocenters. The fourth-order valence-electron chi connectivity index (χ4n) is 2.49. The Hall–Kier alpha value is -1.95. The molecular weight excluding hydrogens is 272 g/mol. The zero-order chi connectivity index (χ0) is 15.2. The Balaban J connectivity index is 1.94. The Morgan fingerprint density at radius 2 is 2.00 bits per heavy atom. The van der Waals surface area contributed by atoms with Crippen LogP contribution in [0.1, 0.15) is 6.92 Å². The number of piperazine rings is 1. The van der Waals surface area contributed by atoms with E-state index in [1.807, 2.05) is 31.2 Å². The largest absolute Gasteiger partial charge is 0.491 e. The molecule has 116 valence electrons. The van der Waals surface area contributed by atoms with Gasteiger partial charge in [-0.3, -0.25) is 0 Å². The summed E-state index contributed by atoms with van der Waals surface area (Å²) in [4.78, 5) is 14.7. The number of ether oxygens (including phenoxy) is 2. The highest BCUT2D eigenvalue weighted by Gasteiger charge is 2.26. The molecule has 2 rings (SSSR count). The molecule has 0 bridgehead atoms. The molecule has 0 spiro atoms. The number of benzene rings is 1. The van der Waals surface area contributed by atoms with Gasteiger partial charge in [-0.2, -0.15) is 0 Å². The molecule has 1 aromatic carbocycles. The van der Waals surface area contributed by atoms with E-state index in [-0.39, 0.29) is 6.04 Å². The minimum absolute atomic E-state index is 0.162. The lowest BCUT2D eigenvalue weighted by Crippen LogP contribution is -2.53. The van der Waals surface area contributed by atoms with E-state index < -0.39 is 6.09 Å². The second-order valence-corrected chi connectivity index (χ2v) is 5.11. The lowest BCUT2D eigenvalue weighted by molar-refractivity contribution is 0.136. The molecule has 6 heteroatoms. The van der Waals surface area contributed by atoms with Gasteiger partial charge in [-0.05, 0) is 31.2 Å². The van der Waals surface area contributed by atoms with Crippen LogP contribution in [0, 0.1) is 0 Å². The summed E-state index contributed by atoms with van der Waals surface area (Å²) in [7, 11) is 1.64. The standard InChI is InChI=1S/C15H22N2O4/c1-12-11-16(15(18)19)7-8-17(12)13-3-5-14(6-4-13)21-10-9-20-2/h3-6,12H,7-11H2,1-2H3,(H,18,19)/t12-/m1/s1. The smallest absolute Gasteiger partial charge is 0.407 e. The highest BCUT2D eigenvalue weighted by atomic mass is 16.5. The molecule has 1 amide bonds. The summed E-state index contributed by atoms with van der Waals surface area (Å²) in [6, 6.07) is 8.04. The molecule has 1 saturated heterocycles. The molecule has 0 radical (unpaired) electrons. The van der Waals surface area contributed by atoms with Crippen molar-refractivity contribution in [1.29, 1.82) is 0 Å². The minimum Gasteiger partial charge on any atom is -0.491 e. The van der Waals surface area contributed by atoms with Crippen molar-refractivity contribution in [2.45, 2.75) is 13.0 Å². The van der Waals surface area contributed by atoms with Gasteiger partial charge in [0.25, 0.3) is 0 Å². The monoisotopic (exact) mass is 294 g/mol. The van der Waals surface area contributed by atoms with Gasteiger partial charge in [0.15, 0.2) is 0 Å². The van der Waals surface area contributed by atoms with Crippen LogP contribution in [-0.2, 0) is 4.74 Å². The Labute approximate surface area is 124 Å². The lowest BCUT2D eigenvalue weighted by atomic mass is 10.1. The van der Waals surface area contributed by atoms with Gasteiger partial charge in [-0.1, -0.05) is 0 Å². The van der Waals surface area contributed by atoms with Crippen molar-refractivity contribution in [3.05, 3.63) is 24.3 Å². The zero-order valence-corrected chi connectivity index (χ0v) is 12.5. The molecule has 1 fully saturated rings. The summed E-state index contributed by atoms with van der Waals surface area (Å²) >= 11 is 0. The molecule has 1 N–H and O–H groups in total. The molecule has 0 aromatic heterocycles. The van der Waals surface area contributed by atoms with Crippen LogP contribution in [0.15, 0.2) is 24.3 Å². The van der Waals surface area contributed by atoms with E-state index in [9.17, 15) is 4.79 Å². The summed E-state index contributed by atoms with van der Waals surface area (Å²) in [5.74, 6) is 0.813. The van der Waals surface area contributed by atoms with Crippen LogP contribution in [0.3, 0.4) is 0 Å². The summed E-state index contributed by atoms with van der Waals surface area (Å²) in [5.41, 5.74) is 1.09. The third kappa shape index (κ3) is 4.01. The fourth-order valence-corrected chi connectivity index (χ4v) is 2.49. The highest BCUT2D eigenvalue weighted by molar-refractivity contribution is 5.65. The van der Waals surface area contributed by atoms with Crippen LogP contribution in [0.25, 0.3) is 0 Å². The van der Waals surface area contributed by atoms with Crippen molar-refractivity contribution in [3.8, 4) is 5.75 Å². The topological polar surface area (TPSA) is 62.2 Å². The van der Waals surface area contributed by atoms with Crippen molar-refractivity contribution >= 4 is 11.8 Å². The average Bonchev–Trinajstić information content (AvgIpc) is 2.48.